The highest BCUT2D eigenvalue weighted by molar-refractivity contribution is 6.31. The van der Waals surface area contributed by atoms with E-state index in [1.807, 2.05) is 0 Å². The molecule has 2 aromatic carbocycles. The van der Waals surface area contributed by atoms with Gasteiger partial charge in [-0.2, -0.15) is 0 Å². The number of benzene rings is 2. The van der Waals surface area contributed by atoms with Crippen LogP contribution in [0.25, 0.3) is 0 Å². The molecule has 5 nitrogen and oxygen atoms in total. The number of urea groups is 1. The fraction of sp³-hybridized carbons (Fsp3) is 0.111. The van der Waals surface area contributed by atoms with Crippen LogP contribution in [0.5, 0.6) is 0 Å². The van der Waals surface area contributed by atoms with E-state index in [2.05, 4.69) is 16.0 Å². The highest BCUT2D eigenvalue weighted by Crippen LogP contribution is 2.31. The van der Waals surface area contributed by atoms with Crippen molar-refractivity contribution in [3.05, 3.63) is 76.0 Å². The predicted molar refractivity (Wildman–Crippen MR) is 93.5 cm³/mol. The topological polar surface area (TPSA) is 70.2 Å². The van der Waals surface area contributed by atoms with Crippen molar-refractivity contribution in [1.29, 1.82) is 0 Å². The molecule has 1 aliphatic heterocycles. The molecule has 0 bridgehead atoms. The minimum atomic E-state index is -1.27. The molecule has 0 radical (unpaired) electrons. The lowest BCUT2D eigenvalue weighted by Crippen LogP contribution is -2.46. The molecular formula is C18H14ClF2N3O2. The Hall–Kier alpha value is -2.93. The molecule has 0 fully saturated rings. The number of allylic oxidation sites excluding steroid dienone is 1. The van der Waals surface area contributed by atoms with Crippen LogP contribution in [0.4, 0.5) is 19.3 Å². The zero-order valence-corrected chi connectivity index (χ0v) is 14.3. The largest absolute Gasteiger partial charge is 0.326 e. The summed E-state index contributed by atoms with van der Waals surface area (Å²) in [5.41, 5.74) is 0.194. The molecule has 3 rings (SSSR count). The van der Waals surface area contributed by atoms with E-state index >= 15 is 0 Å². The molecule has 0 unspecified atom stereocenters. The maximum Gasteiger partial charge on any atom is 0.319 e. The number of anilines is 1. The number of hydrogen-bond acceptors (Lipinski definition) is 2. The van der Waals surface area contributed by atoms with Gasteiger partial charge in [0, 0.05) is 16.4 Å². The highest BCUT2D eigenvalue weighted by atomic mass is 35.5. The Morgan fingerprint density at radius 2 is 1.81 bits per heavy atom. The lowest BCUT2D eigenvalue weighted by Gasteiger charge is -2.29. The summed E-state index contributed by atoms with van der Waals surface area (Å²) in [6.07, 6.45) is 0. The molecule has 1 atom stereocenters. The normalized spacial score (nSPS) is 16.8. The van der Waals surface area contributed by atoms with Crippen molar-refractivity contribution in [3.63, 3.8) is 0 Å². The Morgan fingerprint density at radius 3 is 2.46 bits per heavy atom. The van der Waals surface area contributed by atoms with Gasteiger partial charge in [0.25, 0.3) is 5.91 Å². The first-order chi connectivity index (χ1) is 12.4. The second-order valence-corrected chi connectivity index (χ2v) is 6.11. The van der Waals surface area contributed by atoms with Gasteiger partial charge in [-0.15, -0.1) is 0 Å². The van der Waals surface area contributed by atoms with Gasteiger partial charge in [0.15, 0.2) is 0 Å². The minimum absolute atomic E-state index is 0.00595. The molecule has 26 heavy (non-hydrogen) atoms. The monoisotopic (exact) mass is 377 g/mol. The zero-order chi connectivity index (χ0) is 18.8. The number of rotatable bonds is 3. The van der Waals surface area contributed by atoms with E-state index in [1.165, 1.54) is 19.1 Å². The van der Waals surface area contributed by atoms with E-state index in [9.17, 15) is 18.4 Å². The molecule has 2 aromatic rings. The molecule has 1 aliphatic rings. The van der Waals surface area contributed by atoms with E-state index in [1.54, 1.807) is 18.2 Å². The minimum Gasteiger partial charge on any atom is -0.326 e. The smallest absolute Gasteiger partial charge is 0.319 e. The second-order valence-electron chi connectivity index (χ2n) is 5.67. The highest BCUT2D eigenvalue weighted by Gasteiger charge is 2.34. The van der Waals surface area contributed by atoms with Crippen LogP contribution in [-0.2, 0) is 4.79 Å². The fourth-order valence-electron chi connectivity index (χ4n) is 2.76. The van der Waals surface area contributed by atoms with Crippen molar-refractivity contribution in [2.24, 2.45) is 0 Å². The van der Waals surface area contributed by atoms with E-state index in [0.717, 1.165) is 12.1 Å². The summed E-state index contributed by atoms with van der Waals surface area (Å²) < 4.78 is 28.4. The summed E-state index contributed by atoms with van der Waals surface area (Å²) in [4.78, 5) is 24.6. The molecule has 0 aromatic heterocycles. The van der Waals surface area contributed by atoms with Gasteiger partial charge in [0.05, 0.1) is 17.2 Å². The standard InChI is InChI=1S/C18H14ClF2N3O2/c1-9-14(17(25)23-11-5-2-4-10(19)8-11)16(24-18(26)22-9)15-12(20)6-3-7-13(15)21/h2-8,16H,1H3,(H,23,25)(H2,22,24,26)/t16-/m0/s1. The SMILES string of the molecule is CC1=C(C(=O)Nc2cccc(Cl)c2)[C@@H](c2c(F)cccc2F)NC(=O)N1. The van der Waals surface area contributed by atoms with Crippen LogP contribution in [0.3, 0.4) is 0 Å². The molecule has 1 heterocycles. The summed E-state index contributed by atoms with van der Waals surface area (Å²) in [7, 11) is 0. The van der Waals surface area contributed by atoms with Gasteiger partial charge >= 0.3 is 6.03 Å². The molecule has 3 amide bonds. The van der Waals surface area contributed by atoms with Gasteiger partial charge in [0.1, 0.15) is 11.6 Å². The maximum atomic E-state index is 14.2. The van der Waals surface area contributed by atoms with Crippen LogP contribution in [0.15, 0.2) is 53.7 Å². The van der Waals surface area contributed by atoms with Crippen LogP contribution in [0.1, 0.15) is 18.5 Å². The Morgan fingerprint density at radius 1 is 1.15 bits per heavy atom. The third kappa shape index (κ3) is 3.52. The summed E-state index contributed by atoms with van der Waals surface area (Å²) in [6, 6.07) is 7.84. The van der Waals surface area contributed by atoms with Gasteiger partial charge in [-0.1, -0.05) is 23.7 Å². The molecule has 8 heteroatoms. The first-order valence-corrected chi connectivity index (χ1v) is 8.03. The maximum absolute atomic E-state index is 14.2. The Bertz CT molecular complexity index is 910. The predicted octanol–water partition coefficient (Wildman–Crippen LogP) is 3.88. The van der Waals surface area contributed by atoms with Crippen LogP contribution in [0.2, 0.25) is 5.02 Å². The third-order valence-corrected chi connectivity index (χ3v) is 4.12. The molecule has 0 saturated heterocycles. The van der Waals surface area contributed by atoms with Gasteiger partial charge in [-0.05, 0) is 37.3 Å². The second kappa shape index (κ2) is 7.13. The average molecular weight is 378 g/mol. The molecule has 0 spiro atoms. The van der Waals surface area contributed by atoms with Crippen LogP contribution >= 0.6 is 11.6 Å². The first-order valence-electron chi connectivity index (χ1n) is 7.66. The van der Waals surface area contributed by atoms with Crippen molar-refractivity contribution < 1.29 is 18.4 Å². The number of halogens is 3. The zero-order valence-electron chi connectivity index (χ0n) is 13.6. The van der Waals surface area contributed by atoms with E-state index in [-0.39, 0.29) is 11.3 Å². The first kappa shape index (κ1) is 17.9. The van der Waals surface area contributed by atoms with Gasteiger partial charge in [-0.25, -0.2) is 13.6 Å². The summed E-state index contributed by atoms with van der Waals surface area (Å²) in [6.45, 7) is 1.48. The van der Waals surface area contributed by atoms with Crippen LogP contribution in [-0.4, -0.2) is 11.9 Å². The third-order valence-electron chi connectivity index (χ3n) is 3.88. The Balaban J connectivity index is 2.02. The van der Waals surface area contributed by atoms with Crippen molar-refractivity contribution >= 4 is 29.2 Å². The van der Waals surface area contributed by atoms with E-state index in [0.29, 0.717) is 10.7 Å². The van der Waals surface area contributed by atoms with E-state index < -0.39 is 35.2 Å². The number of amides is 3. The molecular weight excluding hydrogens is 364 g/mol. The van der Waals surface area contributed by atoms with Gasteiger partial charge in [0.2, 0.25) is 0 Å². The van der Waals surface area contributed by atoms with E-state index in [4.69, 9.17) is 11.6 Å². The fourth-order valence-corrected chi connectivity index (χ4v) is 2.95. The molecule has 3 N–H and O–H groups in total. The lowest BCUT2D eigenvalue weighted by atomic mass is 9.94. The quantitative estimate of drug-likeness (QED) is 0.759. The number of nitrogens with one attached hydrogen (secondary N) is 3. The Kier molecular flexibility index (Phi) is 4.90. The van der Waals surface area contributed by atoms with Crippen molar-refractivity contribution in [3.8, 4) is 0 Å². The number of hydrogen-bond donors (Lipinski definition) is 3. The summed E-state index contributed by atoms with van der Waals surface area (Å²) >= 11 is 5.90. The molecule has 134 valence electrons. The van der Waals surface area contributed by atoms with Gasteiger partial charge in [-0.3, -0.25) is 4.79 Å². The van der Waals surface area contributed by atoms with Crippen molar-refractivity contribution in [2.75, 3.05) is 5.32 Å². The number of carbonyl (C=O) groups excluding carboxylic acids is 2. The number of carbonyl (C=O) groups is 2. The van der Waals surface area contributed by atoms with Gasteiger partial charge < -0.3 is 16.0 Å². The Labute approximate surface area is 153 Å². The van der Waals surface area contributed by atoms with Crippen molar-refractivity contribution in [1.82, 2.24) is 10.6 Å². The lowest BCUT2D eigenvalue weighted by molar-refractivity contribution is -0.113. The van der Waals surface area contributed by atoms with Crippen LogP contribution in [0, 0.1) is 11.6 Å². The van der Waals surface area contributed by atoms with Crippen molar-refractivity contribution in [2.45, 2.75) is 13.0 Å². The summed E-state index contributed by atoms with van der Waals surface area (Å²) in [5, 5.41) is 7.88. The molecule has 0 saturated carbocycles. The molecule has 0 aliphatic carbocycles. The summed E-state index contributed by atoms with van der Waals surface area (Å²) in [5.74, 6) is -2.35. The average Bonchev–Trinajstić information content (AvgIpc) is 2.54. The van der Waals surface area contributed by atoms with Crippen LogP contribution < -0.4 is 16.0 Å².